The van der Waals surface area contributed by atoms with E-state index in [1.165, 1.54) is 24.9 Å². The van der Waals surface area contributed by atoms with E-state index in [0.29, 0.717) is 17.1 Å². The normalized spacial score (nSPS) is 17.7. The van der Waals surface area contributed by atoms with Crippen LogP contribution in [0.25, 0.3) is 0 Å². The second-order valence-electron chi connectivity index (χ2n) is 9.19. The molecule has 0 aliphatic carbocycles. The summed E-state index contributed by atoms with van der Waals surface area (Å²) in [6.07, 6.45) is 2.60. The molecule has 0 aromatic heterocycles. The van der Waals surface area contributed by atoms with Gasteiger partial charge in [0.05, 0.1) is 10.6 Å². The quantitative estimate of drug-likeness (QED) is 0.609. The Bertz CT molecular complexity index is 914. The van der Waals surface area contributed by atoms with Crippen molar-refractivity contribution in [3.63, 3.8) is 0 Å². The highest BCUT2D eigenvalue weighted by atomic mass is 35.5. The lowest BCUT2D eigenvalue weighted by molar-refractivity contribution is -0.124. The van der Waals surface area contributed by atoms with Crippen LogP contribution in [0.1, 0.15) is 55.1 Å². The average Bonchev–Trinajstić information content (AvgIpc) is 2.77. The van der Waals surface area contributed by atoms with Crippen molar-refractivity contribution >= 4 is 23.4 Å². The number of amides is 2. The van der Waals surface area contributed by atoms with Gasteiger partial charge >= 0.3 is 0 Å². The van der Waals surface area contributed by atoms with Gasteiger partial charge in [0.1, 0.15) is 6.04 Å². The fourth-order valence-electron chi connectivity index (χ4n) is 4.15. The van der Waals surface area contributed by atoms with Crippen LogP contribution in [0.2, 0.25) is 5.02 Å². The number of rotatable bonds is 8. The molecule has 1 fully saturated rings. The molecule has 1 aliphatic rings. The van der Waals surface area contributed by atoms with E-state index in [2.05, 4.69) is 46.7 Å². The summed E-state index contributed by atoms with van der Waals surface area (Å²) < 4.78 is 0. The van der Waals surface area contributed by atoms with E-state index in [9.17, 15) is 9.59 Å². The van der Waals surface area contributed by atoms with Gasteiger partial charge in [-0.05, 0) is 54.5 Å². The van der Waals surface area contributed by atoms with E-state index in [0.717, 1.165) is 24.6 Å². The van der Waals surface area contributed by atoms with Gasteiger partial charge in [-0.1, -0.05) is 68.8 Å². The molecule has 5 nitrogen and oxygen atoms in total. The molecule has 32 heavy (non-hydrogen) atoms. The summed E-state index contributed by atoms with van der Waals surface area (Å²) in [7, 11) is 0. The summed E-state index contributed by atoms with van der Waals surface area (Å²) in [4.78, 5) is 27.9. The zero-order chi connectivity index (χ0) is 23.1. The molecule has 2 amide bonds. The molecular formula is C26H34ClN3O2. The van der Waals surface area contributed by atoms with Crippen molar-refractivity contribution in [3.8, 4) is 0 Å². The van der Waals surface area contributed by atoms with Crippen LogP contribution in [-0.4, -0.2) is 35.8 Å². The maximum Gasteiger partial charge on any atom is 0.253 e. The molecule has 2 atom stereocenters. The standard InChI is InChI=1S/C26H34ClN3O2/c1-18(2)24(29-25(31)22-8-4-5-9-23(22)27)26(32)28-15-20-10-12-21(13-11-20)17-30-14-6-7-19(3)16-30/h4-5,8-13,18-19,24H,6-7,14-17H2,1-3H3,(H,28,32)(H,29,31). The Morgan fingerprint density at radius 3 is 2.44 bits per heavy atom. The molecule has 2 aromatic carbocycles. The maximum atomic E-state index is 12.8. The van der Waals surface area contributed by atoms with Crippen LogP contribution in [0.3, 0.4) is 0 Å². The Hall–Kier alpha value is -2.37. The number of carbonyl (C=O) groups excluding carboxylic acids is 2. The van der Waals surface area contributed by atoms with Gasteiger partial charge in [0, 0.05) is 19.6 Å². The number of halogens is 1. The van der Waals surface area contributed by atoms with E-state index in [-0.39, 0.29) is 17.7 Å². The molecule has 0 radical (unpaired) electrons. The first-order valence-corrected chi connectivity index (χ1v) is 11.8. The molecule has 3 rings (SSSR count). The Balaban J connectivity index is 1.53. The van der Waals surface area contributed by atoms with Crippen molar-refractivity contribution in [1.82, 2.24) is 15.5 Å². The number of nitrogens with one attached hydrogen (secondary N) is 2. The van der Waals surface area contributed by atoms with Crippen molar-refractivity contribution in [3.05, 3.63) is 70.2 Å². The molecule has 6 heteroatoms. The monoisotopic (exact) mass is 455 g/mol. The highest BCUT2D eigenvalue weighted by Crippen LogP contribution is 2.18. The SMILES string of the molecule is CC1CCCN(Cc2ccc(CNC(=O)C(NC(=O)c3ccccc3Cl)C(C)C)cc2)C1. The largest absolute Gasteiger partial charge is 0.350 e. The summed E-state index contributed by atoms with van der Waals surface area (Å²) >= 11 is 6.12. The van der Waals surface area contributed by atoms with Gasteiger partial charge in [-0.2, -0.15) is 0 Å². The molecule has 2 N–H and O–H groups in total. The fourth-order valence-corrected chi connectivity index (χ4v) is 4.37. The van der Waals surface area contributed by atoms with Crippen LogP contribution >= 0.6 is 11.6 Å². The first-order valence-electron chi connectivity index (χ1n) is 11.5. The van der Waals surface area contributed by atoms with Gasteiger partial charge in [0.15, 0.2) is 0 Å². The van der Waals surface area contributed by atoms with Crippen molar-refractivity contribution in [2.45, 2.75) is 52.7 Å². The summed E-state index contributed by atoms with van der Waals surface area (Å²) in [5.41, 5.74) is 2.70. The van der Waals surface area contributed by atoms with Gasteiger partial charge in [0.2, 0.25) is 5.91 Å². The molecule has 1 aliphatic heterocycles. The third-order valence-electron chi connectivity index (χ3n) is 5.99. The molecule has 0 spiro atoms. The number of carbonyl (C=O) groups is 2. The smallest absolute Gasteiger partial charge is 0.253 e. The molecular weight excluding hydrogens is 422 g/mol. The minimum atomic E-state index is -0.640. The number of benzene rings is 2. The van der Waals surface area contributed by atoms with Crippen LogP contribution in [0, 0.1) is 11.8 Å². The van der Waals surface area contributed by atoms with Crippen molar-refractivity contribution in [2.24, 2.45) is 11.8 Å². The summed E-state index contributed by atoms with van der Waals surface area (Å²) in [6.45, 7) is 9.86. The van der Waals surface area contributed by atoms with Crippen molar-refractivity contribution in [2.75, 3.05) is 13.1 Å². The van der Waals surface area contributed by atoms with Crippen LogP contribution in [0.15, 0.2) is 48.5 Å². The van der Waals surface area contributed by atoms with E-state index >= 15 is 0 Å². The molecule has 0 bridgehead atoms. The predicted octanol–water partition coefficient (Wildman–Crippen LogP) is 4.64. The van der Waals surface area contributed by atoms with Crippen LogP contribution < -0.4 is 10.6 Å². The number of likely N-dealkylation sites (tertiary alicyclic amines) is 1. The molecule has 172 valence electrons. The third kappa shape index (κ3) is 6.81. The highest BCUT2D eigenvalue weighted by Gasteiger charge is 2.25. The second-order valence-corrected chi connectivity index (χ2v) is 9.60. The Labute approximate surface area is 196 Å². The van der Waals surface area contributed by atoms with Gasteiger partial charge in [-0.3, -0.25) is 14.5 Å². The first-order chi connectivity index (χ1) is 15.3. The van der Waals surface area contributed by atoms with Crippen LogP contribution in [-0.2, 0) is 17.9 Å². The van der Waals surface area contributed by atoms with E-state index in [1.807, 2.05) is 13.8 Å². The number of hydrogen-bond donors (Lipinski definition) is 2. The van der Waals surface area contributed by atoms with Gasteiger partial charge in [-0.25, -0.2) is 0 Å². The predicted molar refractivity (Wildman–Crippen MR) is 130 cm³/mol. The minimum Gasteiger partial charge on any atom is -0.350 e. The Kier molecular flexibility index (Phi) is 8.71. The van der Waals surface area contributed by atoms with Crippen molar-refractivity contribution < 1.29 is 9.59 Å². The van der Waals surface area contributed by atoms with Gasteiger partial charge < -0.3 is 10.6 Å². The molecule has 2 aromatic rings. The van der Waals surface area contributed by atoms with Gasteiger partial charge in [0.25, 0.3) is 5.91 Å². The van der Waals surface area contributed by atoms with E-state index in [4.69, 9.17) is 11.6 Å². The first kappa shape index (κ1) is 24.3. The number of hydrogen-bond acceptors (Lipinski definition) is 3. The summed E-state index contributed by atoms with van der Waals surface area (Å²) in [5.74, 6) is 0.161. The molecule has 1 heterocycles. The summed E-state index contributed by atoms with van der Waals surface area (Å²) in [5, 5.41) is 6.16. The van der Waals surface area contributed by atoms with Crippen molar-refractivity contribution in [1.29, 1.82) is 0 Å². The second kappa shape index (κ2) is 11.5. The minimum absolute atomic E-state index is 0.0595. The Morgan fingerprint density at radius 1 is 1.09 bits per heavy atom. The highest BCUT2D eigenvalue weighted by molar-refractivity contribution is 6.33. The Morgan fingerprint density at radius 2 is 1.78 bits per heavy atom. The van der Waals surface area contributed by atoms with Crippen LogP contribution in [0.5, 0.6) is 0 Å². The topological polar surface area (TPSA) is 61.4 Å². The molecule has 0 saturated carbocycles. The summed E-state index contributed by atoms with van der Waals surface area (Å²) in [6, 6.07) is 14.6. The average molecular weight is 456 g/mol. The van der Waals surface area contributed by atoms with Gasteiger partial charge in [-0.15, -0.1) is 0 Å². The van der Waals surface area contributed by atoms with E-state index < -0.39 is 6.04 Å². The number of piperidine rings is 1. The zero-order valence-electron chi connectivity index (χ0n) is 19.2. The molecule has 1 saturated heterocycles. The lowest BCUT2D eigenvalue weighted by Gasteiger charge is -2.30. The number of nitrogens with zero attached hydrogens (tertiary/aromatic N) is 1. The van der Waals surface area contributed by atoms with Crippen LogP contribution in [0.4, 0.5) is 0 Å². The lowest BCUT2D eigenvalue weighted by atomic mass is 9.99. The zero-order valence-corrected chi connectivity index (χ0v) is 20.0. The fraction of sp³-hybridized carbons (Fsp3) is 0.462. The molecule has 2 unspecified atom stereocenters. The lowest BCUT2D eigenvalue weighted by Crippen LogP contribution is -2.49. The maximum absolute atomic E-state index is 12.8. The van der Waals surface area contributed by atoms with E-state index in [1.54, 1.807) is 24.3 Å². The third-order valence-corrected chi connectivity index (χ3v) is 6.32.